The fourth-order valence-corrected chi connectivity index (χ4v) is 6.29. The first-order chi connectivity index (χ1) is 16.2. The van der Waals surface area contributed by atoms with Gasteiger partial charge in [-0.3, -0.25) is 4.79 Å². The van der Waals surface area contributed by atoms with E-state index in [9.17, 15) is 18.5 Å². The van der Waals surface area contributed by atoms with Crippen LogP contribution in [0, 0.1) is 11.3 Å². The van der Waals surface area contributed by atoms with Crippen molar-refractivity contribution in [3.63, 3.8) is 0 Å². The van der Waals surface area contributed by atoms with Crippen LogP contribution in [-0.4, -0.2) is 20.4 Å². The topological polar surface area (TPSA) is 78.9 Å². The van der Waals surface area contributed by atoms with Gasteiger partial charge in [0.2, 0.25) is 21.3 Å². The van der Waals surface area contributed by atoms with E-state index in [4.69, 9.17) is 0 Å². The Bertz CT molecular complexity index is 1590. The lowest BCUT2D eigenvalue weighted by Gasteiger charge is -2.14. The number of carbonyl (C=O) groups excluding carboxylic acids is 1. The first kappa shape index (κ1) is 21.9. The number of alkyl halides is 1. The van der Waals surface area contributed by atoms with E-state index in [1.54, 1.807) is 12.1 Å². The molecule has 1 aromatic heterocycles. The highest BCUT2D eigenvalue weighted by Gasteiger charge is 2.43. The van der Waals surface area contributed by atoms with E-state index in [1.165, 1.54) is 18.2 Å². The predicted molar refractivity (Wildman–Crippen MR) is 125 cm³/mol. The fraction of sp³-hybridized carbons (Fsp3) is 0.148. The van der Waals surface area contributed by atoms with Crippen LogP contribution < -0.4 is 4.57 Å². The van der Waals surface area contributed by atoms with Gasteiger partial charge in [0.1, 0.15) is 11.1 Å². The minimum Gasteiger partial charge on any atom is -0.288 e. The van der Waals surface area contributed by atoms with Crippen molar-refractivity contribution in [2.24, 2.45) is 0 Å². The fourth-order valence-electron chi connectivity index (χ4n) is 4.69. The second-order valence-corrected chi connectivity index (χ2v) is 10.7. The number of ketones is 1. The van der Waals surface area contributed by atoms with Crippen LogP contribution in [-0.2, 0) is 15.3 Å². The maximum absolute atomic E-state index is 15.0. The molecule has 1 atom stereocenters. The van der Waals surface area contributed by atoms with Crippen LogP contribution in [0.1, 0.15) is 41.0 Å². The summed E-state index contributed by atoms with van der Waals surface area (Å²) in [5.74, 6) is -0.737. The van der Waals surface area contributed by atoms with E-state index in [2.05, 4.69) is 19.9 Å². The zero-order chi connectivity index (χ0) is 24.3. The Labute approximate surface area is 197 Å². The van der Waals surface area contributed by atoms with Gasteiger partial charge >= 0.3 is 0 Å². The lowest BCUT2D eigenvalue weighted by atomic mass is 9.82. The van der Waals surface area contributed by atoms with Crippen molar-refractivity contribution in [3.05, 3.63) is 106 Å². The molecule has 0 saturated heterocycles. The molecule has 0 saturated carbocycles. The number of pyridine rings is 1. The Morgan fingerprint density at radius 2 is 1.82 bits per heavy atom. The number of nitriles is 1. The second kappa shape index (κ2) is 7.57. The van der Waals surface area contributed by atoms with Gasteiger partial charge in [-0.15, -0.1) is 0 Å². The molecule has 0 fully saturated rings. The van der Waals surface area contributed by atoms with E-state index < -0.39 is 26.7 Å². The molecule has 34 heavy (non-hydrogen) atoms. The predicted octanol–water partition coefficient (Wildman–Crippen LogP) is 4.40. The summed E-state index contributed by atoms with van der Waals surface area (Å²) in [6.45, 7) is 4.17. The summed E-state index contributed by atoms with van der Waals surface area (Å²) < 4.78 is 42.5. The average molecular weight is 472 g/mol. The van der Waals surface area contributed by atoms with Crippen molar-refractivity contribution in [2.45, 2.75) is 30.3 Å². The largest absolute Gasteiger partial charge is 0.288 e. The van der Waals surface area contributed by atoms with Crippen LogP contribution in [0.4, 0.5) is 4.39 Å². The molecule has 0 bridgehead atoms. The molecular weight excluding hydrogens is 451 g/mol. The molecule has 0 N–H and O–H groups in total. The normalized spacial score (nSPS) is 19.3. The second-order valence-electron chi connectivity index (χ2n) is 8.81. The molecule has 0 spiro atoms. The maximum atomic E-state index is 15.0. The lowest BCUT2D eigenvalue weighted by Crippen LogP contribution is -2.34. The van der Waals surface area contributed by atoms with E-state index in [1.807, 2.05) is 41.1 Å². The van der Waals surface area contributed by atoms with Crippen LogP contribution in [0.25, 0.3) is 11.3 Å². The Balaban J connectivity index is 1.53. The van der Waals surface area contributed by atoms with Gasteiger partial charge in [0, 0.05) is 34.9 Å². The Morgan fingerprint density at radius 3 is 2.56 bits per heavy atom. The van der Waals surface area contributed by atoms with Crippen molar-refractivity contribution in [1.29, 1.82) is 5.26 Å². The minimum absolute atomic E-state index is 0.0304. The highest BCUT2D eigenvalue weighted by molar-refractivity contribution is 7.97. The third-order valence-corrected chi connectivity index (χ3v) is 8.27. The molecule has 0 radical (unpaired) electrons. The van der Waals surface area contributed by atoms with Gasteiger partial charge in [-0.05, 0) is 38.1 Å². The first-order valence-corrected chi connectivity index (χ1v) is 12.2. The quantitative estimate of drug-likeness (QED) is 0.322. The Kier molecular flexibility index (Phi) is 4.88. The molecule has 0 aliphatic carbocycles. The van der Waals surface area contributed by atoms with E-state index in [0.29, 0.717) is 5.56 Å². The Hall–Kier alpha value is -3.89. The van der Waals surface area contributed by atoms with Crippen LogP contribution in [0.2, 0.25) is 0 Å². The smallest absolute Gasteiger partial charge is 0.215 e. The third kappa shape index (κ3) is 3.14. The molecule has 2 aliphatic heterocycles. The number of halogens is 1. The van der Waals surface area contributed by atoms with Crippen molar-refractivity contribution >= 4 is 21.2 Å². The summed E-state index contributed by atoms with van der Waals surface area (Å²) in [4.78, 5) is 11.9. The number of aromatic nitrogens is 1. The third-order valence-electron chi connectivity index (χ3n) is 6.43. The molecule has 3 aromatic rings. The van der Waals surface area contributed by atoms with Crippen LogP contribution in [0.5, 0.6) is 0 Å². The van der Waals surface area contributed by atoms with Gasteiger partial charge in [0.05, 0.1) is 22.0 Å². The maximum Gasteiger partial charge on any atom is 0.215 e. The summed E-state index contributed by atoms with van der Waals surface area (Å²) in [6.07, 6.45) is 1.72. The van der Waals surface area contributed by atoms with Gasteiger partial charge in [-0.2, -0.15) is 9.83 Å². The van der Waals surface area contributed by atoms with Crippen molar-refractivity contribution in [3.8, 4) is 11.8 Å². The van der Waals surface area contributed by atoms with Gasteiger partial charge < -0.3 is 0 Å². The zero-order valence-corrected chi connectivity index (χ0v) is 19.3. The average Bonchev–Trinajstić information content (AvgIpc) is 3.17. The number of carbonyl (C=O) groups is 1. The van der Waals surface area contributed by atoms with E-state index in [0.717, 1.165) is 29.1 Å². The zero-order valence-electron chi connectivity index (χ0n) is 18.5. The van der Waals surface area contributed by atoms with Crippen molar-refractivity contribution in [1.82, 2.24) is 0 Å². The summed E-state index contributed by atoms with van der Waals surface area (Å²) in [6, 6.07) is 19.4. The molecule has 5 rings (SSSR count). The number of rotatable bonds is 3. The molecule has 2 aliphatic rings. The number of para-hydroxylation sites is 1. The van der Waals surface area contributed by atoms with Gasteiger partial charge in [0.25, 0.3) is 0 Å². The van der Waals surface area contributed by atoms with E-state index in [-0.39, 0.29) is 21.4 Å². The SMILES string of the molecule is CC1(C)c2ccccc2-[n+]2ccc(C(C#N)=CC(F)C=C3C(=O)c4ccccc4S3(=O)=O)cc21. The Morgan fingerprint density at radius 1 is 1.12 bits per heavy atom. The number of hydrogen-bond acceptors (Lipinski definition) is 4. The molecule has 3 heterocycles. The first-order valence-electron chi connectivity index (χ1n) is 10.7. The van der Waals surface area contributed by atoms with E-state index >= 15 is 4.39 Å². The van der Waals surface area contributed by atoms with Crippen LogP contribution >= 0.6 is 0 Å². The number of Topliss-reactive ketones (excluding diaryl/α,β-unsaturated/α-hetero) is 1. The van der Waals surface area contributed by atoms with Gasteiger partial charge in [0.15, 0.2) is 11.9 Å². The molecule has 168 valence electrons. The van der Waals surface area contributed by atoms with Gasteiger partial charge in [-0.1, -0.05) is 30.3 Å². The highest BCUT2D eigenvalue weighted by atomic mass is 32.2. The molecule has 2 aromatic carbocycles. The minimum atomic E-state index is -4.10. The molecule has 7 heteroatoms. The van der Waals surface area contributed by atoms with Crippen LogP contribution in [0.3, 0.4) is 0 Å². The number of allylic oxidation sites excluding steroid dienone is 4. The summed E-state index contributed by atoms with van der Waals surface area (Å²) in [5, 5.41) is 9.74. The van der Waals surface area contributed by atoms with Crippen LogP contribution in [0.15, 0.2) is 88.8 Å². The van der Waals surface area contributed by atoms with Crippen molar-refractivity contribution < 1.29 is 22.2 Å². The van der Waals surface area contributed by atoms with Gasteiger partial charge in [-0.25, -0.2) is 12.8 Å². The molecule has 5 nitrogen and oxygen atoms in total. The van der Waals surface area contributed by atoms with Crippen molar-refractivity contribution in [2.75, 3.05) is 0 Å². The number of hydrogen-bond donors (Lipinski definition) is 0. The summed E-state index contributed by atoms with van der Waals surface area (Å²) >= 11 is 0. The monoisotopic (exact) mass is 471 g/mol. The summed E-state index contributed by atoms with van der Waals surface area (Å²) in [7, 11) is -4.10. The number of fused-ring (bicyclic) bond motifs is 4. The number of benzene rings is 2. The highest BCUT2D eigenvalue weighted by Crippen LogP contribution is 2.38. The molecular formula is C27H20FN2O3S+. The standard InChI is InChI=1S/C27H20FN2O3S/c1-27(2)21-8-4-5-9-22(21)30-12-11-17(14-25(27)30)18(16-29)13-19(28)15-24-26(31)20-7-3-6-10-23(20)34(24,32)33/h3-15,19H,1-2H3/q+1. The molecule has 0 amide bonds. The number of sulfone groups is 1. The number of nitrogens with zero attached hydrogens (tertiary/aromatic N) is 2. The summed E-state index contributed by atoms with van der Waals surface area (Å²) in [5.41, 5.74) is 3.43. The lowest BCUT2D eigenvalue weighted by molar-refractivity contribution is -0.599. The molecule has 1 unspecified atom stereocenters.